The van der Waals surface area contributed by atoms with E-state index in [1.807, 2.05) is 12.1 Å². The second-order valence-electron chi connectivity index (χ2n) is 8.38. The number of hydrogen-bond acceptors (Lipinski definition) is 3. The van der Waals surface area contributed by atoms with Crippen LogP contribution in [0.3, 0.4) is 0 Å². The average molecular weight is 438 g/mol. The summed E-state index contributed by atoms with van der Waals surface area (Å²) in [6, 6.07) is 27.1. The number of morpholine rings is 1. The van der Waals surface area contributed by atoms with Gasteiger partial charge < -0.3 is 9.84 Å². The highest BCUT2D eigenvalue weighted by Gasteiger charge is 2.42. The lowest BCUT2D eigenvalue weighted by molar-refractivity contribution is 0.000744. The topological polar surface area (TPSA) is 32.7 Å². The van der Waals surface area contributed by atoms with Gasteiger partial charge in [0.15, 0.2) is 0 Å². The van der Waals surface area contributed by atoms with Crippen molar-refractivity contribution in [1.82, 2.24) is 4.90 Å². The Balaban J connectivity index is 0.00000272. The van der Waals surface area contributed by atoms with Gasteiger partial charge >= 0.3 is 0 Å². The van der Waals surface area contributed by atoms with E-state index in [9.17, 15) is 5.11 Å². The van der Waals surface area contributed by atoms with Crippen LogP contribution in [0.4, 0.5) is 0 Å². The van der Waals surface area contributed by atoms with Crippen LogP contribution in [-0.2, 0) is 10.3 Å². The predicted molar refractivity (Wildman–Crippen MR) is 129 cm³/mol. The first-order valence-corrected chi connectivity index (χ1v) is 10.8. The van der Waals surface area contributed by atoms with Crippen molar-refractivity contribution in [2.24, 2.45) is 0 Å². The van der Waals surface area contributed by atoms with Crippen molar-refractivity contribution in [1.29, 1.82) is 0 Å². The lowest BCUT2D eigenvalue weighted by atomic mass is 9.72. The van der Waals surface area contributed by atoms with Gasteiger partial charge in [0.25, 0.3) is 0 Å². The fourth-order valence-corrected chi connectivity index (χ4v) is 4.46. The maximum atomic E-state index is 12.6. The molecule has 1 heterocycles. The first kappa shape index (κ1) is 23.5. The van der Waals surface area contributed by atoms with E-state index in [0.29, 0.717) is 0 Å². The van der Waals surface area contributed by atoms with Crippen molar-refractivity contribution < 1.29 is 9.84 Å². The molecule has 4 rings (SSSR count). The standard InChI is InChI=1S/C27H31NO2.ClH/c1-21-11-13-24(14-12-21)27(29,25-10-6-7-22(2)19-25)26(23-8-4-3-5-9-23)20-28-15-17-30-18-16-28;/h3-14,19,26,29H,15-18,20H2,1-2H3;1H. The monoisotopic (exact) mass is 437 g/mol. The van der Waals surface area contributed by atoms with Gasteiger partial charge in [0, 0.05) is 25.6 Å². The van der Waals surface area contributed by atoms with E-state index < -0.39 is 5.60 Å². The van der Waals surface area contributed by atoms with Gasteiger partial charge in [-0.25, -0.2) is 0 Å². The summed E-state index contributed by atoms with van der Waals surface area (Å²) >= 11 is 0. The largest absolute Gasteiger partial charge is 0.380 e. The lowest BCUT2D eigenvalue weighted by Gasteiger charge is -2.41. The summed E-state index contributed by atoms with van der Waals surface area (Å²) < 4.78 is 5.57. The molecule has 3 aromatic rings. The number of nitrogens with zero attached hydrogens (tertiary/aromatic N) is 1. The number of rotatable bonds is 6. The highest BCUT2D eigenvalue weighted by molar-refractivity contribution is 5.85. The van der Waals surface area contributed by atoms with Crippen molar-refractivity contribution in [3.8, 4) is 0 Å². The Morgan fingerprint density at radius 3 is 2.16 bits per heavy atom. The Kier molecular flexibility index (Phi) is 7.90. The van der Waals surface area contributed by atoms with Crippen LogP contribution in [0.15, 0.2) is 78.9 Å². The van der Waals surface area contributed by atoms with Crippen LogP contribution in [0.25, 0.3) is 0 Å². The summed E-state index contributed by atoms with van der Waals surface area (Å²) in [6.45, 7) is 8.20. The van der Waals surface area contributed by atoms with Crippen LogP contribution in [0.5, 0.6) is 0 Å². The van der Waals surface area contributed by atoms with Gasteiger partial charge in [-0.3, -0.25) is 4.90 Å². The van der Waals surface area contributed by atoms with Gasteiger partial charge in [0.05, 0.1) is 13.2 Å². The fourth-order valence-electron chi connectivity index (χ4n) is 4.46. The molecule has 2 unspecified atom stereocenters. The van der Waals surface area contributed by atoms with Crippen LogP contribution in [0.2, 0.25) is 0 Å². The van der Waals surface area contributed by atoms with Gasteiger partial charge in [0.1, 0.15) is 5.60 Å². The van der Waals surface area contributed by atoms with Crippen LogP contribution in [0.1, 0.15) is 33.7 Å². The van der Waals surface area contributed by atoms with E-state index in [1.165, 1.54) is 5.56 Å². The van der Waals surface area contributed by atoms with E-state index in [2.05, 4.69) is 85.5 Å². The molecular formula is C27H32ClNO2. The minimum Gasteiger partial charge on any atom is -0.380 e. The molecule has 1 aliphatic heterocycles. The van der Waals surface area contributed by atoms with Gasteiger partial charge in [-0.2, -0.15) is 0 Å². The summed E-state index contributed by atoms with van der Waals surface area (Å²) in [5.74, 6) is -0.110. The third kappa shape index (κ3) is 5.19. The van der Waals surface area contributed by atoms with E-state index in [4.69, 9.17) is 4.74 Å². The van der Waals surface area contributed by atoms with Crippen molar-refractivity contribution in [2.45, 2.75) is 25.4 Å². The number of hydrogen-bond donors (Lipinski definition) is 1. The Bertz CT molecular complexity index is 954. The zero-order chi connectivity index (χ0) is 21.0. The SMILES string of the molecule is Cc1ccc(C(O)(c2cccc(C)c2)C(CN2CCOCC2)c2ccccc2)cc1.Cl. The number of halogens is 1. The molecule has 0 radical (unpaired) electrons. The molecule has 164 valence electrons. The molecule has 0 aliphatic carbocycles. The number of aliphatic hydroxyl groups is 1. The van der Waals surface area contributed by atoms with Crippen molar-refractivity contribution >= 4 is 12.4 Å². The van der Waals surface area contributed by atoms with Crippen molar-refractivity contribution in [3.05, 3.63) is 107 Å². The van der Waals surface area contributed by atoms with E-state index >= 15 is 0 Å². The number of benzene rings is 3. The maximum Gasteiger partial charge on any atom is 0.123 e. The van der Waals surface area contributed by atoms with Gasteiger partial charge in [-0.05, 0) is 30.5 Å². The molecule has 31 heavy (non-hydrogen) atoms. The zero-order valence-corrected chi connectivity index (χ0v) is 19.1. The average Bonchev–Trinajstić information content (AvgIpc) is 2.79. The third-order valence-corrected chi connectivity index (χ3v) is 6.20. The molecule has 0 spiro atoms. The molecule has 0 saturated carbocycles. The summed E-state index contributed by atoms with van der Waals surface area (Å²) in [7, 11) is 0. The second kappa shape index (κ2) is 10.4. The summed E-state index contributed by atoms with van der Waals surface area (Å²) in [4.78, 5) is 2.41. The minimum absolute atomic E-state index is 0. The Labute approximate surface area is 192 Å². The quantitative estimate of drug-likeness (QED) is 0.583. The molecule has 0 bridgehead atoms. The molecule has 0 amide bonds. The van der Waals surface area contributed by atoms with Crippen molar-refractivity contribution in [3.63, 3.8) is 0 Å². The van der Waals surface area contributed by atoms with Crippen LogP contribution in [0, 0.1) is 13.8 Å². The highest BCUT2D eigenvalue weighted by atomic mass is 35.5. The third-order valence-electron chi connectivity index (χ3n) is 6.20. The van der Waals surface area contributed by atoms with Crippen LogP contribution in [-0.4, -0.2) is 42.9 Å². The van der Waals surface area contributed by atoms with Gasteiger partial charge in [0.2, 0.25) is 0 Å². The minimum atomic E-state index is -1.14. The zero-order valence-electron chi connectivity index (χ0n) is 18.3. The molecule has 3 aromatic carbocycles. The van der Waals surface area contributed by atoms with E-state index in [-0.39, 0.29) is 18.3 Å². The second-order valence-corrected chi connectivity index (χ2v) is 8.38. The van der Waals surface area contributed by atoms with Crippen LogP contribution < -0.4 is 0 Å². The van der Waals surface area contributed by atoms with Crippen LogP contribution >= 0.6 is 12.4 Å². The predicted octanol–water partition coefficient (Wildman–Crippen LogP) is 5.08. The Morgan fingerprint density at radius 1 is 0.839 bits per heavy atom. The smallest absolute Gasteiger partial charge is 0.123 e. The molecule has 4 heteroatoms. The van der Waals surface area contributed by atoms with Crippen molar-refractivity contribution in [2.75, 3.05) is 32.8 Å². The maximum absolute atomic E-state index is 12.6. The van der Waals surface area contributed by atoms with Gasteiger partial charge in [-0.15, -0.1) is 12.4 Å². The fraction of sp³-hybridized carbons (Fsp3) is 0.333. The molecule has 1 aliphatic rings. The molecule has 1 fully saturated rings. The van der Waals surface area contributed by atoms with E-state index in [0.717, 1.165) is 55.1 Å². The van der Waals surface area contributed by atoms with E-state index in [1.54, 1.807) is 0 Å². The number of ether oxygens (including phenoxy) is 1. The molecule has 0 aromatic heterocycles. The lowest BCUT2D eigenvalue weighted by Crippen LogP contribution is -2.45. The summed E-state index contributed by atoms with van der Waals surface area (Å²) in [5.41, 5.74) is 4.22. The first-order valence-electron chi connectivity index (χ1n) is 10.8. The highest BCUT2D eigenvalue weighted by Crippen LogP contribution is 2.43. The first-order chi connectivity index (χ1) is 14.6. The molecular weight excluding hydrogens is 406 g/mol. The Hall–Kier alpha value is -2.17. The molecule has 2 atom stereocenters. The molecule has 1 saturated heterocycles. The summed E-state index contributed by atoms with van der Waals surface area (Å²) in [5, 5.41) is 12.6. The Morgan fingerprint density at radius 2 is 1.52 bits per heavy atom. The summed E-state index contributed by atoms with van der Waals surface area (Å²) in [6.07, 6.45) is 0. The van der Waals surface area contributed by atoms with Gasteiger partial charge in [-0.1, -0.05) is 90.0 Å². The molecule has 3 nitrogen and oxygen atoms in total. The molecule has 1 N–H and O–H groups in total. The number of aryl methyl sites for hydroxylation is 2. The normalized spacial score (nSPS) is 17.4.